The van der Waals surface area contributed by atoms with E-state index < -0.39 is 0 Å². The zero-order valence-electron chi connectivity index (χ0n) is 14.7. The fraction of sp³-hybridized carbons (Fsp3) is 0.238. The monoisotopic (exact) mass is 393 g/mol. The van der Waals surface area contributed by atoms with Crippen molar-refractivity contribution in [2.75, 3.05) is 10.2 Å². The maximum absolute atomic E-state index is 12.9. The van der Waals surface area contributed by atoms with Gasteiger partial charge in [0.15, 0.2) is 0 Å². The molecule has 0 spiro atoms. The summed E-state index contributed by atoms with van der Waals surface area (Å²) in [7, 11) is 0. The number of rotatable bonds is 3. The number of fused-ring (bicyclic) bond motifs is 5. The third-order valence-corrected chi connectivity index (χ3v) is 6.12. The highest BCUT2D eigenvalue weighted by Gasteiger charge is 2.59. The molecule has 3 aliphatic rings. The van der Waals surface area contributed by atoms with Gasteiger partial charge in [-0.2, -0.15) is 0 Å². The first kappa shape index (κ1) is 17.1. The summed E-state index contributed by atoms with van der Waals surface area (Å²) < 4.78 is 0. The average molecular weight is 394 g/mol. The SMILES string of the molecule is O=C(Nc1ccc(N2C(=O)[C@@H]3C4C=CC(C4)[C@@H]3C2=O)c(Cl)c1)c1ccccn1. The number of pyridine rings is 1. The van der Waals surface area contributed by atoms with E-state index in [0.29, 0.717) is 11.4 Å². The van der Waals surface area contributed by atoms with Crippen molar-refractivity contribution in [2.24, 2.45) is 23.7 Å². The summed E-state index contributed by atoms with van der Waals surface area (Å²) in [5.41, 5.74) is 1.11. The van der Waals surface area contributed by atoms with Crippen LogP contribution in [0.2, 0.25) is 5.02 Å². The van der Waals surface area contributed by atoms with Crippen molar-refractivity contribution in [3.8, 4) is 0 Å². The number of amides is 3. The topological polar surface area (TPSA) is 79.4 Å². The molecule has 1 N–H and O–H groups in total. The van der Waals surface area contributed by atoms with E-state index in [1.807, 2.05) is 0 Å². The number of imide groups is 1. The van der Waals surface area contributed by atoms with Gasteiger partial charge in [0.25, 0.3) is 5.91 Å². The van der Waals surface area contributed by atoms with E-state index in [0.717, 1.165) is 6.42 Å². The number of anilines is 2. The summed E-state index contributed by atoms with van der Waals surface area (Å²) in [6.45, 7) is 0. The first-order chi connectivity index (χ1) is 13.5. The first-order valence-electron chi connectivity index (χ1n) is 9.12. The highest BCUT2D eigenvalue weighted by atomic mass is 35.5. The van der Waals surface area contributed by atoms with Gasteiger partial charge in [0.2, 0.25) is 11.8 Å². The second-order valence-corrected chi connectivity index (χ2v) is 7.75. The van der Waals surface area contributed by atoms with Crippen molar-refractivity contribution in [3.05, 3.63) is 65.5 Å². The summed E-state index contributed by atoms with van der Waals surface area (Å²) in [5, 5.41) is 2.96. The van der Waals surface area contributed by atoms with Crippen molar-refractivity contribution in [3.63, 3.8) is 0 Å². The molecule has 7 heteroatoms. The number of aromatic nitrogens is 1. The summed E-state index contributed by atoms with van der Waals surface area (Å²) in [6, 6.07) is 9.82. The van der Waals surface area contributed by atoms with Crippen LogP contribution in [0.3, 0.4) is 0 Å². The molecule has 1 saturated carbocycles. The van der Waals surface area contributed by atoms with Gasteiger partial charge in [-0.25, -0.2) is 4.90 Å². The Morgan fingerprint density at radius 1 is 1.07 bits per heavy atom. The molecular weight excluding hydrogens is 378 g/mol. The number of carbonyl (C=O) groups excluding carboxylic acids is 3. The predicted molar refractivity (Wildman–Crippen MR) is 104 cm³/mol. The molecule has 2 heterocycles. The molecule has 5 rings (SSSR count). The Bertz CT molecular complexity index is 1010. The molecule has 1 saturated heterocycles. The first-order valence-corrected chi connectivity index (χ1v) is 9.50. The van der Waals surface area contributed by atoms with Crippen LogP contribution >= 0.6 is 11.6 Å². The zero-order chi connectivity index (χ0) is 19.4. The minimum Gasteiger partial charge on any atom is -0.321 e. The van der Waals surface area contributed by atoms with Crippen molar-refractivity contribution in [2.45, 2.75) is 6.42 Å². The Morgan fingerprint density at radius 2 is 1.79 bits per heavy atom. The summed E-state index contributed by atoms with van der Waals surface area (Å²) in [5.74, 6) is -0.989. The Labute approximate surface area is 166 Å². The largest absolute Gasteiger partial charge is 0.321 e. The molecule has 2 aromatic rings. The highest BCUT2D eigenvalue weighted by Crippen LogP contribution is 2.53. The van der Waals surface area contributed by atoms with Gasteiger partial charge in [0.05, 0.1) is 22.5 Å². The summed E-state index contributed by atoms with van der Waals surface area (Å²) in [6.07, 6.45) is 6.53. The number of allylic oxidation sites excluding steroid dienone is 2. The van der Waals surface area contributed by atoms with Crippen LogP contribution in [0, 0.1) is 23.7 Å². The van der Waals surface area contributed by atoms with Crippen molar-refractivity contribution >= 4 is 40.7 Å². The molecule has 0 radical (unpaired) electrons. The summed E-state index contributed by atoms with van der Waals surface area (Å²) >= 11 is 6.39. The standard InChI is InChI=1S/C21H16ClN3O3/c22-14-10-13(24-19(26)15-3-1-2-8-23-15)6-7-16(14)25-20(27)17-11-4-5-12(9-11)18(17)21(25)28/h1-8,10-12,17-18H,9H2,(H,24,26)/t11?,12?,17-,18+. The van der Waals surface area contributed by atoms with Gasteiger partial charge in [-0.1, -0.05) is 29.8 Å². The van der Waals surface area contributed by atoms with E-state index in [9.17, 15) is 14.4 Å². The quantitative estimate of drug-likeness (QED) is 0.641. The zero-order valence-corrected chi connectivity index (χ0v) is 15.5. The Kier molecular flexibility index (Phi) is 3.84. The van der Waals surface area contributed by atoms with E-state index in [1.165, 1.54) is 11.1 Å². The fourth-order valence-electron chi connectivity index (χ4n) is 4.60. The number of hydrogen-bond donors (Lipinski definition) is 1. The van der Waals surface area contributed by atoms with Crippen LogP contribution in [0.15, 0.2) is 54.7 Å². The van der Waals surface area contributed by atoms with Gasteiger partial charge < -0.3 is 5.32 Å². The molecular formula is C21H16ClN3O3. The lowest BCUT2D eigenvalue weighted by atomic mass is 9.85. The molecule has 140 valence electrons. The second-order valence-electron chi connectivity index (χ2n) is 7.35. The van der Waals surface area contributed by atoms with Gasteiger partial charge in [-0.3, -0.25) is 19.4 Å². The smallest absolute Gasteiger partial charge is 0.274 e. The Morgan fingerprint density at radius 3 is 2.39 bits per heavy atom. The Hall–Kier alpha value is -2.99. The maximum atomic E-state index is 12.9. The van der Waals surface area contributed by atoms with E-state index >= 15 is 0 Å². The summed E-state index contributed by atoms with van der Waals surface area (Å²) in [4.78, 5) is 43.3. The van der Waals surface area contributed by atoms with Gasteiger partial charge in [0.1, 0.15) is 5.69 Å². The molecule has 2 fully saturated rings. The molecule has 1 aromatic carbocycles. The molecule has 2 bridgehead atoms. The Balaban J connectivity index is 1.39. The molecule has 1 aliphatic heterocycles. The number of halogens is 1. The highest BCUT2D eigenvalue weighted by molar-refractivity contribution is 6.36. The molecule has 2 aliphatic carbocycles. The van der Waals surface area contributed by atoms with Crippen LogP contribution in [0.25, 0.3) is 0 Å². The van der Waals surface area contributed by atoms with Crippen molar-refractivity contribution in [1.29, 1.82) is 0 Å². The predicted octanol–water partition coefficient (Wildman–Crippen LogP) is 3.30. The molecule has 6 nitrogen and oxygen atoms in total. The van der Waals surface area contributed by atoms with Crippen molar-refractivity contribution < 1.29 is 14.4 Å². The molecule has 2 unspecified atom stereocenters. The number of nitrogens with one attached hydrogen (secondary N) is 1. The third-order valence-electron chi connectivity index (χ3n) is 5.81. The van der Waals surface area contributed by atoms with Crippen LogP contribution in [0.4, 0.5) is 11.4 Å². The van der Waals surface area contributed by atoms with Crippen LogP contribution in [-0.4, -0.2) is 22.7 Å². The van der Waals surface area contributed by atoms with Crippen LogP contribution in [0.1, 0.15) is 16.9 Å². The van der Waals surface area contributed by atoms with Crippen molar-refractivity contribution in [1.82, 2.24) is 4.98 Å². The van der Waals surface area contributed by atoms with Gasteiger partial charge in [-0.15, -0.1) is 0 Å². The minimum atomic E-state index is -0.366. The normalized spacial score (nSPS) is 27.4. The third kappa shape index (κ3) is 2.48. The van der Waals surface area contributed by atoms with Gasteiger partial charge >= 0.3 is 0 Å². The molecule has 3 amide bonds. The van der Waals surface area contributed by atoms with E-state index in [-0.39, 0.29) is 52.1 Å². The lowest BCUT2D eigenvalue weighted by molar-refractivity contribution is -0.123. The average Bonchev–Trinajstić information content (AvgIpc) is 3.37. The number of nitrogens with zero attached hydrogens (tertiary/aromatic N) is 2. The lowest BCUT2D eigenvalue weighted by Crippen LogP contribution is -2.33. The van der Waals surface area contributed by atoms with Gasteiger partial charge in [0, 0.05) is 11.9 Å². The molecule has 28 heavy (non-hydrogen) atoms. The van der Waals surface area contributed by atoms with Crippen LogP contribution < -0.4 is 10.2 Å². The number of benzene rings is 1. The van der Waals surface area contributed by atoms with Gasteiger partial charge in [-0.05, 0) is 48.6 Å². The molecule has 4 atom stereocenters. The van der Waals surface area contributed by atoms with E-state index in [2.05, 4.69) is 22.5 Å². The fourth-order valence-corrected chi connectivity index (χ4v) is 4.86. The molecule has 1 aromatic heterocycles. The number of hydrogen-bond acceptors (Lipinski definition) is 4. The van der Waals surface area contributed by atoms with E-state index in [1.54, 1.807) is 36.4 Å². The van der Waals surface area contributed by atoms with E-state index in [4.69, 9.17) is 11.6 Å². The van der Waals surface area contributed by atoms with Crippen LogP contribution in [0.5, 0.6) is 0 Å². The lowest BCUT2D eigenvalue weighted by Gasteiger charge is -2.19. The van der Waals surface area contributed by atoms with Crippen LogP contribution in [-0.2, 0) is 9.59 Å². The number of carbonyl (C=O) groups is 3. The second kappa shape index (κ2) is 6.27. The minimum absolute atomic E-state index is 0.146. The maximum Gasteiger partial charge on any atom is 0.274 e.